The zero-order valence-electron chi connectivity index (χ0n) is 28.2. The lowest BCUT2D eigenvalue weighted by molar-refractivity contribution is -0.379. The van der Waals surface area contributed by atoms with E-state index >= 15 is 0 Å². The molecule has 5 heterocycles. The van der Waals surface area contributed by atoms with Crippen LogP contribution in [0.2, 0.25) is 0 Å². The molecule has 5 saturated heterocycles. The quantitative estimate of drug-likeness (QED) is 0.0822. The van der Waals surface area contributed by atoms with E-state index < -0.39 is 180 Å². The number of aliphatic hydroxyl groups excluding tert-OH is 16. The smallest absolute Gasteiger partial charge is 0.187 e. The fourth-order valence-electron chi connectivity index (χ4n) is 6.70. The third-order valence-corrected chi connectivity index (χ3v) is 9.95. The molecule has 54 heavy (non-hydrogen) atoms. The van der Waals surface area contributed by atoms with E-state index in [-0.39, 0.29) is 0 Å². The molecule has 24 atom stereocenters. The van der Waals surface area contributed by atoms with Gasteiger partial charge in [-0.15, -0.1) is 0 Å². The first-order valence-electron chi connectivity index (χ1n) is 17.0. The van der Waals surface area contributed by atoms with Crippen molar-refractivity contribution < 1.29 is 124 Å². The Kier molecular flexibility index (Phi) is 15.3. The molecule has 16 N–H and O–H groups in total. The van der Waals surface area contributed by atoms with Crippen LogP contribution in [-0.4, -0.2) is 262 Å². The summed E-state index contributed by atoms with van der Waals surface area (Å²) in [5, 5.41) is 164. The molecule has 0 radical (unpaired) electrons. The predicted octanol–water partition coefficient (Wildman–Crippen LogP) is -11.3. The minimum Gasteiger partial charge on any atom is -0.394 e. The molecule has 0 spiro atoms. The van der Waals surface area contributed by atoms with Crippen molar-refractivity contribution in [3.05, 3.63) is 0 Å². The number of rotatable bonds is 13. The highest BCUT2D eigenvalue weighted by Gasteiger charge is 2.55. The summed E-state index contributed by atoms with van der Waals surface area (Å²) in [6.45, 7) is -4.06. The molecule has 316 valence electrons. The third-order valence-electron chi connectivity index (χ3n) is 9.95. The van der Waals surface area contributed by atoms with E-state index in [2.05, 4.69) is 0 Å². The van der Waals surface area contributed by atoms with E-state index in [9.17, 15) is 81.7 Å². The van der Waals surface area contributed by atoms with E-state index in [1.807, 2.05) is 0 Å². The van der Waals surface area contributed by atoms with Crippen LogP contribution in [0.15, 0.2) is 0 Å². The number of ether oxygens (including phenoxy) is 9. The third kappa shape index (κ3) is 8.85. The van der Waals surface area contributed by atoms with Crippen molar-refractivity contribution >= 4 is 0 Å². The molecule has 25 nitrogen and oxygen atoms in total. The van der Waals surface area contributed by atoms with Gasteiger partial charge in [0.1, 0.15) is 116 Å². The van der Waals surface area contributed by atoms with Crippen molar-refractivity contribution in [2.75, 3.05) is 33.0 Å². The van der Waals surface area contributed by atoms with Gasteiger partial charge in [-0.25, -0.2) is 0 Å². The van der Waals surface area contributed by atoms with Crippen molar-refractivity contribution in [2.24, 2.45) is 0 Å². The number of hydrogen-bond acceptors (Lipinski definition) is 25. The van der Waals surface area contributed by atoms with Crippen molar-refractivity contribution in [2.45, 2.75) is 147 Å². The van der Waals surface area contributed by atoms with Crippen molar-refractivity contribution in [3.63, 3.8) is 0 Å². The zero-order valence-corrected chi connectivity index (χ0v) is 28.2. The van der Waals surface area contributed by atoms with E-state index in [4.69, 9.17) is 42.6 Å². The normalized spacial score (nSPS) is 53.1. The monoisotopic (exact) mass is 798 g/mol. The van der Waals surface area contributed by atoms with Crippen LogP contribution in [-0.2, 0) is 42.6 Å². The summed E-state index contributed by atoms with van der Waals surface area (Å²) >= 11 is 0. The number of hydrogen-bond donors (Lipinski definition) is 16. The summed E-state index contributed by atoms with van der Waals surface area (Å²) in [5.74, 6) is 0. The molecule has 5 fully saturated rings. The van der Waals surface area contributed by atoms with E-state index in [1.54, 1.807) is 0 Å². The Morgan fingerprint density at radius 1 is 0.315 bits per heavy atom. The topological polar surface area (TPSA) is 407 Å². The van der Waals surface area contributed by atoms with Crippen LogP contribution in [0.4, 0.5) is 0 Å². The molecule has 5 aliphatic rings. The molecule has 0 saturated carbocycles. The van der Waals surface area contributed by atoms with Gasteiger partial charge in [0.25, 0.3) is 0 Å². The minimum atomic E-state index is -2.05. The fourth-order valence-corrected chi connectivity index (χ4v) is 6.70. The average molecular weight is 799 g/mol. The SMILES string of the molecule is OC[C@H]1O[C@@H](O[C@H]2[C@@H](OC[C@H]3O[C@@H](O[C@H]4[C@H](O)[C@@H](O)[C@H](O[C@H]5[C@H](O)[C@@H](O)[C@H](O)O[C@@H]5CO)O[C@@H]4CO)[C@H](O)[C@@H](O)[C@@H]3O)O[C@H](CO)[C@@H]2O)[C@H](O)[C@@H](O)[C@H]1O. The van der Waals surface area contributed by atoms with Gasteiger partial charge in [-0.1, -0.05) is 0 Å². The van der Waals surface area contributed by atoms with Crippen LogP contribution in [0, 0.1) is 0 Å². The first kappa shape index (κ1) is 44.1. The Bertz CT molecular complexity index is 1150. The molecular formula is C29H50O25. The molecule has 0 aromatic carbocycles. The lowest BCUT2D eigenvalue weighted by Crippen LogP contribution is -2.66. The lowest BCUT2D eigenvalue weighted by atomic mass is 9.96. The minimum absolute atomic E-state index is 0.737. The maximum atomic E-state index is 11.0. The molecule has 0 aliphatic carbocycles. The maximum Gasteiger partial charge on any atom is 0.187 e. The molecule has 0 unspecified atom stereocenters. The Morgan fingerprint density at radius 2 is 0.685 bits per heavy atom. The summed E-state index contributed by atoms with van der Waals surface area (Å²) in [7, 11) is 0. The van der Waals surface area contributed by atoms with E-state index in [0.29, 0.717) is 0 Å². The van der Waals surface area contributed by atoms with Crippen molar-refractivity contribution in [1.29, 1.82) is 0 Å². The summed E-state index contributed by atoms with van der Waals surface area (Å²) < 4.78 is 49.3. The Hall–Kier alpha value is -1.00. The summed E-state index contributed by atoms with van der Waals surface area (Å²) in [5.41, 5.74) is 0. The largest absolute Gasteiger partial charge is 0.394 e. The summed E-state index contributed by atoms with van der Waals surface area (Å²) in [4.78, 5) is 0. The second kappa shape index (κ2) is 18.7. The predicted molar refractivity (Wildman–Crippen MR) is 161 cm³/mol. The van der Waals surface area contributed by atoms with Crippen LogP contribution in [0.3, 0.4) is 0 Å². The van der Waals surface area contributed by atoms with Crippen LogP contribution in [0.25, 0.3) is 0 Å². The molecule has 5 rings (SSSR count). The van der Waals surface area contributed by atoms with Gasteiger partial charge in [0.15, 0.2) is 31.5 Å². The van der Waals surface area contributed by atoms with Gasteiger partial charge in [0.05, 0.1) is 33.0 Å². The lowest BCUT2D eigenvalue weighted by Gasteiger charge is -2.48. The first-order valence-corrected chi connectivity index (χ1v) is 17.0. The van der Waals surface area contributed by atoms with E-state index in [1.165, 1.54) is 0 Å². The van der Waals surface area contributed by atoms with Gasteiger partial charge in [-0.2, -0.15) is 0 Å². The molecule has 0 aromatic heterocycles. The average Bonchev–Trinajstić information content (AvgIpc) is 3.46. The summed E-state index contributed by atoms with van der Waals surface area (Å²) in [6.07, 6.45) is -42.3. The highest BCUT2D eigenvalue weighted by atomic mass is 16.8. The van der Waals surface area contributed by atoms with Crippen molar-refractivity contribution in [1.82, 2.24) is 0 Å². The van der Waals surface area contributed by atoms with Gasteiger partial charge in [-0.3, -0.25) is 0 Å². The highest BCUT2D eigenvalue weighted by molar-refractivity contribution is 4.97. The highest BCUT2D eigenvalue weighted by Crippen LogP contribution is 2.34. The molecule has 0 bridgehead atoms. The molecular weight excluding hydrogens is 748 g/mol. The summed E-state index contributed by atoms with van der Waals surface area (Å²) in [6, 6.07) is 0. The van der Waals surface area contributed by atoms with Gasteiger partial charge >= 0.3 is 0 Å². The molecule has 0 amide bonds. The molecule has 5 aliphatic heterocycles. The van der Waals surface area contributed by atoms with Crippen molar-refractivity contribution in [3.8, 4) is 0 Å². The van der Waals surface area contributed by atoms with Crippen LogP contribution < -0.4 is 0 Å². The molecule has 25 heteroatoms. The van der Waals surface area contributed by atoms with E-state index in [0.717, 1.165) is 0 Å². The fraction of sp³-hybridized carbons (Fsp3) is 1.00. The number of aliphatic hydroxyl groups is 16. The second-order valence-corrected chi connectivity index (χ2v) is 13.5. The standard InChI is InChI=1S/C29H50O25/c30-1-6-11(34)14(37)19(42)26(48-6)54-24-13(36)7(2-31)49-29(24)46-5-10-12(35)15(38)20(43)27(51-10)53-23-9(4-33)50-28(21(44)17(23)40)52-22-8(3-32)47-25(45)18(41)16(22)39/h6-45H,1-5H2/t6-,7-,8-,9-,10-,11+,12-,13+,14+,15+,16-,17-,18-,19-,20-,21-,22-,23-,24-,25-,26+,27+,28+,29+/m1/s1. The van der Waals surface area contributed by atoms with Gasteiger partial charge in [0, 0.05) is 0 Å². The van der Waals surface area contributed by atoms with Gasteiger partial charge in [0.2, 0.25) is 0 Å². The Balaban J connectivity index is 1.24. The maximum absolute atomic E-state index is 11.0. The Morgan fingerprint density at radius 3 is 1.20 bits per heavy atom. The van der Waals surface area contributed by atoms with Crippen LogP contribution in [0.5, 0.6) is 0 Å². The second-order valence-electron chi connectivity index (χ2n) is 13.5. The van der Waals surface area contributed by atoms with Gasteiger partial charge < -0.3 is 124 Å². The molecule has 0 aromatic rings. The van der Waals surface area contributed by atoms with Crippen LogP contribution >= 0.6 is 0 Å². The zero-order chi connectivity index (χ0) is 39.8. The first-order chi connectivity index (χ1) is 25.6. The Labute approximate surface area is 305 Å². The van der Waals surface area contributed by atoms with Gasteiger partial charge in [-0.05, 0) is 0 Å². The van der Waals surface area contributed by atoms with Crippen LogP contribution in [0.1, 0.15) is 0 Å².